The van der Waals surface area contributed by atoms with Gasteiger partial charge in [0.15, 0.2) is 24.2 Å². The van der Waals surface area contributed by atoms with Gasteiger partial charge in [0.05, 0.1) is 6.20 Å². The molecule has 1 unspecified atom stereocenters. The number of nitrogens with zero attached hydrogens (tertiary/aromatic N) is 4. The number of carbonyl (C=O) groups is 2. The zero-order valence-corrected chi connectivity index (χ0v) is 17.8. The van der Waals surface area contributed by atoms with E-state index < -0.39 is 48.3 Å². The van der Waals surface area contributed by atoms with E-state index in [1.54, 1.807) is 6.92 Å². The Morgan fingerprint density at radius 3 is 2.61 bits per heavy atom. The van der Waals surface area contributed by atoms with Gasteiger partial charge in [-0.25, -0.2) is 18.7 Å². The van der Waals surface area contributed by atoms with Gasteiger partial charge in [0.1, 0.15) is 17.7 Å². The lowest BCUT2D eigenvalue weighted by molar-refractivity contribution is -0.159. The Morgan fingerprint density at radius 1 is 1.32 bits per heavy atom. The van der Waals surface area contributed by atoms with Crippen molar-refractivity contribution in [3.8, 4) is 0 Å². The molecule has 0 saturated carbocycles. The Labute approximate surface area is 177 Å². The van der Waals surface area contributed by atoms with Crippen LogP contribution >= 0.6 is 0 Å². The molecule has 1 saturated heterocycles. The van der Waals surface area contributed by atoms with E-state index >= 15 is 4.39 Å². The third-order valence-corrected chi connectivity index (χ3v) is 5.02. The second kappa shape index (κ2) is 9.00. The van der Waals surface area contributed by atoms with Crippen LogP contribution in [0.25, 0.3) is 11.2 Å². The fraction of sp³-hybridized carbons (Fsp3) is 0.632. The van der Waals surface area contributed by atoms with Crippen molar-refractivity contribution in [1.29, 1.82) is 0 Å². The largest absolute Gasteiger partial charge is 0.460 e. The zero-order chi connectivity index (χ0) is 22.9. The van der Waals surface area contributed by atoms with Gasteiger partial charge in [-0.2, -0.15) is 4.98 Å². The summed E-state index contributed by atoms with van der Waals surface area (Å²) >= 11 is 0. The molecular formula is C19H26FN5O6. The minimum absolute atomic E-state index is 0.0865. The third-order valence-electron chi connectivity index (χ3n) is 5.02. The molecule has 5 atom stereocenters. The lowest BCUT2D eigenvalue weighted by Gasteiger charge is -2.23. The highest BCUT2D eigenvalue weighted by molar-refractivity contribution is 5.72. The van der Waals surface area contributed by atoms with Crippen molar-refractivity contribution in [1.82, 2.24) is 19.1 Å². The van der Waals surface area contributed by atoms with E-state index in [9.17, 15) is 14.4 Å². The summed E-state index contributed by atoms with van der Waals surface area (Å²) in [5.74, 6) is -1.44. The maximum Gasteiger partial charge on any atom is 0.332 e. The molecule has 12 heteroatoms. The van der Waals surface area contributed by atoms with Crippen molar-refractivity contribution in [2.75, 3.05) is 5.73 Å². The summed E-state index contributed by atoms with van der Waals surface area (Å²) in [4.78, 5) is 44.4. The Kier molecular flexibility index (Phi) is 6.58. The number of fused-ring (bicyclic) bond motifs is 1. The molecule has 170 valence electrons. The standard InChI is InChI=1S/C19H26FN5O6/c1-5-7-24-11-8-22-18(21)23-16(11)25(19(24)28)17-15(30-10(4)27)13(20)14(31-17)12(6-2)29-9(3)26/h8,12-15,17H,5-7H2,1-4H3,(H2,21,22,23)/t12?,13-,14+,15+,17+/m0/s1. The fourth-order valence-electron chi connectivity index (χ4n) is 3.81. The monoisotopic (exact) mass is 439 g/mol. The van der Waals surface area contributed by atoms with Crippen LogP contribution in [0, 0.1) is 0 Å². The van der Waals surface area contributed by atoms with Gasteiger partial charge in [0.2, 0.25) is 5.95 Å². The number of nitrogens with two attached hydrogens (primary N) is 1. The van der Waals surface area contributed by atoms with Crippen LogP contribution in [0.5, 0.6) is 0 Å². The predicted octanol–water partition coefficient (Wildman–Crippen LogP) is 1.09. The Bertz CT molecular complexity index is 1040. The second-order valence-electron chi connectivity index (χ2n) is 7.31. The summed E-state index contributed by atoms with van der Waals surface area (Å²) in [6.45, 7) is 6.28. The van der Waals surface area contributed by atoms with Crippen LogP contribution in [0.1, 0.15) is 46.8 Å². The number of rotatable bonds is 7. The number of aromatic nitrogens is 4. The van der Waals surface area contributed by atoms with Gasteiger partial charge in [-0.05, 0) is 12.8 Å². The van der Waals surface area contributed by atoms with Crippen LogP contribution in [0.15, 0.2) is 11.0 Å². The van der Waals surface area contributed by atoms with E-state index in [1.807, 2.05) is 6.92 Å². The molecule has 2 aromatic heterocycles. The van der Waals surface area contributed by atoms with E-state index in [0.29, 0.717) is 18.5 Å². The first-order valence-electron chi connectivity index (χ1n) is 10.1. The number of hydrogen-bond donors (Lipinski definition) is 1. The van der Waals surface area contributed by atoms with Gasteiger partial charge in [-0.15, -0.1) is 0 Å². The van der Waals surface area contributed by atoms with Crippen LogP contribution in [0.2, 0.25) is 0 Å². The van der Waals surface area contributed by atoms with Gasteiger partial charge in [-0.3, -0.25) is 14.2 Å². The molecule has 3 heterocycles. The lowest BCUT2D eigenvalue weighted by atomic mass is 10.0. The minimum atomic E-state index is -1.85. The van der Waals surface area contributed by atoms with Crippen molar-refractivity contribution in [3.63, 3.8) is 0 Å². The molecule has 1 aliphatic heterocycles. The van der Waals surface area contributed by atoms with E-state index in [4.69, 9.17) is 19.9 Å². The molecule has 3 rings (SSSR count). The number of hydrogen-bond acceptors (Lipinski definition) is 9. The van der Waals surface area contributed by atoms with Gasteiger partial charge < -0.3 is 19.9 Å². The van der Waals surface area contributed by atoms with Crippen LogP contribution in [-0.2, 0) is 30.3 Å². The average molecular weight is 439 g/mol. The van der Waals surface area contributed by atoms with Gasteiger partial charge in [0, 0.05) is 20.4 Å². The minimum Gasteiger partial charge on any atom is -0.460 e. The SMILES string of the molecule is CCCn1c(=O)n([C@@H]2O[C@H](C(CC)OC(C)=O)[C@H](F)[C@H]2OC(C)=O)c2nc(N)ncc21. The van der Waals surface area contributed by atoms with Crippen molar-refractivity contribution in [3.05, 3.63) is 16.7 Å². The zero-order valence-electron chi connectivity index (χ0n) is 17.8. The van der Waals surface area contributed by atoms with Crippen LogP contribution in [0.4, 0.5) is 10.3 Å². The summed E-state index contributed by atoms with van der Waals surface area (Å²) < 4.78 is 34.2. The van der Waals surface area contributed by atoms with Crippen molar-refractivity contribution in [2.45, 2.75) is 77.8 Å². The molecule has 0 spiro atoms. The molecule has 0 aliphatic carbocycles. The summed E-state index contributed by atoms with van der Waals surface area (Å²) in [6.07, 6.45) is -4.54. The number of halogens is 1. The molecule has 0 radical (unpaired) electrons. The molecule has 0 aromatic carbocycles. The summed E-state index contributed by atoms with van der Waals surface area (Å²) in [5.41, 5.74) is 5.69. The maximum atomic E-state index is 15.4. The highest BCUT2D eigenvalue weighted by Gasteiger charge is 2.53. The van der Waals surface area contributed by atoms with Crippen LogP contribution in [-0.4, -0.2) is 55.5 Å². The number of alkyl halides is 1. The molecular weight excluding hydrogens is 413 g/mol. The third kappa shape index (κ3) is 4.24. The summed E-state index contributed by atoms with van der Waals surface area (Å²) in [7, 11) is 0. The van der Waals surface area contributed by atoms with Gasteiger partial charge in [-0.1, -0.05) is 13.8 Å². The number of carbonyl (C=O) groups excluding carboxylic acids is 2. The van der Waals surface area contributed by atoms with E-state index in [0.717, 1.165) is 11.5 Å². The van der Waals surface area contributed by atoms with Crippen molar-refractivity contribution < 1.29 is 28.2 Å². The molecule has 0 amide bonds. The smallest absolute Gasteiger partial charge is 0.332 e. The highest BCUT2D eigenvalue weighted by Crippen LogP contribution is 2.37. The Hall–Kier alpha value is -3.02. The number of nitrogen functional groups attached to an aromatic ring is 1. The first-order chi connectivity index (χ1) is 14.7. The molecule has 2 aromatic rings. The Morgan fingerprint density at radius 2 is 2.03 bits per heavy atom. The second-order valence-corrected chi connectivity index (χ2v) is 7.31. The molecule has 1 aliphatic rings. The van der Waals surface area contributed by atoms with Gasteiger partial charge >= 0.3 is 17.6 Å². The van der Waals surface area contributed by atoms with E-state index in [2.05, 4.69) is 9.97 Å². The molecule has 2 N–H and O–H groups in total. The molecule has 1 fully saturated rings. The number of imidazole rings is 1. The van der Waals surface area contributed by atoms with Crippen molar-refractivity contribution >= 4 is 29.1 Å². The normalized spacial score (nSPS) is 24.3. The lowest BCUT2D eigenvalue weighted by Crippen LogP contribution is -2.39. The topological polar surface area (TPSA) is 141 Å². The highest BCUT2D eigenvalue weighted by atomic mass is 19.1. The number of anilines is 1. The molecule has 0 bridgehead atoms. The van der Waals surface area contributed by atoms with E-state index in [-0.39, 0.29) is 18.0 Å². The van der Waals surface area contributed by atoms with E-state index in [1.165, 1.54) is 17.7 Å². The predicted molar refractivity (Wildman–Crippen MR) is 107 cm³/mol. The number of ether oxygens (including phenoxy) is 3. The first-order valence-corrected chi connectivity index (χ1v) is 10.1. The van der Waals surface area contributed by atoms with Gasteiger partial charge in [0.25, 0.3) is 0 Å². The quantitative estimate of drug-likeness (QED) is 0.628. The Balaban J connectivity index is 2.15. The first kappa shape index (κ1) is 22.7. The maximum absolute atomic E-state index is 15.4. The van der Waals surface area contributed by atoms with Crippen LogP contribution in [0.3, 0.4) is 0 Å². The van der Waals surface area contributed by atoms with Crippen LogP contribution < -0.4 is 11.4 Å². The summed E-state index contributed by atoms with van der Waals surface area (Å²) in [5, 5.41) is 0. The van der Waals surface area contributed by atoms with Crippen molar-refractivity contribution in [2.24, 2.45) is 0 Å². The summed E-state index contributed by atoms with van der Waals surface area (Å²) in [6, 6.07) is 0. The molecule has 11 nitrogen and oxygen atoms in total. The molecule has 31 heavy (non-hydrogen) atoms. The number of esters is 2. The average Bonchev–Trinajstić information content (AvgIpc) is 3.14. The number of aryl methyl sites for hydroxylation is 1. The fourth-order valence-corrected chi connectivity index (χ4v) is 3.81.